The minimum Gasteiger partial charge on any atom is -0.352 e. The monoisotopic (exact) mass is 553 g/mol. The molecule has 7 nitrogen and oxygen atoms in total. The molecule has 0 spiro atoms. The number of rotatable bonds is 11. The molecular formula is C30H36FN3O4S. The van der Waals surface area contributed by atoms with Gasteiger partial charge in [0.05, 0.1) is 10.6 Å². The molecule has 9 heteroatoms. The number of benzene rings is 3. The molecule has 2 unspecified atom stereocenters. The van der Waals surface area contributed by atoms with Crippen molar-refractivity contribution in [3.63, 3.8) is 0 Å². The maximum atomic E-state index is 13.9. The maximum absolute atomic E-state index is 13.9. The maximum Gasteiger partial charge on any atom is 0.264 e. The van der Waals surface area contributed by atoms with Crippen LogP contribution in [0.4, 0.5) is 10.1 Å². The first-order valence-electron chi connectivity index (χ1n) is 12.9. The number of hydrogen-bond donors (Lipinski definition) is 1. The summed E-state index contributed by atoms with van der Waals surface area (Å²) in [6, 6.07) is 17.8. The molecule has 0 aliphatic carbocycles. The fraction of sp³-hybridized carbons (Fsp3) is 0.333. The van der Waals surface area contributed by atoms with Crippen molar-refractivity contribution in [3.05, 3.63) is 95.3 Å². The van der Waals surface area contributed by atoms with Crippen LogP contribution in [0, 0.1) is 19.7 Å². The average molecular weight is 554 g/mol. The van der Waals surface area contributed by atoms with Gasteiger partial charge in [-0.25, -0.2) is 12.8 Å². The Kier molecular flexibility index (Phi) is 9.86. The van der Waals surface area contributed by atoms with Crippen molar-refractivity contribution in [2.75, 3.05) is 10.8 Å². The molecule has 0 saturated carbocycles. The second kappa shape index (κ2) is 12.9. The SMILES string of the molecule is CCC(C)NC(=O)C(C)N(Cc1ccc(C)cc1)C(=O)CN(c1ccc(C)cc1)S(=O)(=O)c1ccc(F)cc1. The van der Waals surface area contributed by atoms with Gasteiger partial charge < -0.3 is 10.2 Å². The zero-order chi connectivity index (χ0) is 28.7. The molecule has 208 valence electrons. The number of nitrogens with one attached hydrogen (secondary N) is 1. The molecule has 0 bridgehead atoms. The van der Waals surface area contributed by atoms with Gasteiger partial charge in [-0.3, -0.25) is 13.9 Å². The summed E-state index contributed by atoms with van der Waals surface area (Å²) in [5.41, 5.74) is 3.06. The number of hydrogen-bond acceptors (Lipinski definition) is 4. The van der Waals surface area contributed by atoms with Gasteiger partial charge in [0.1, 0.15) is 18.4 Å². The van der Waals surface area contributed by atoms with Crippen molar-refractivity contribution in [1.29, 1.82) is 0 Å². The summed E-state index contributed by atoms with van der Waals surface area (Å²) in [7, 11) is -4.24. The molecular weight excluding hydrogens is 517 g/mol. The Bertz CT molecular complexity index is 1380. The fourth-order valence-electron chi connectivity index (χ4n) is 3.91. The lowest BCUT2D eigenvalue weighted by Crippen LogP contribution is -2.52. The molecule has 0 radical (unpaired) electrons. The number of nitrogens with zero attached hydrogens (tertiary/aromatic N) is 2. The van der Waals surface area contributed by atoms with Crippen LogP contribution < -0.4 is 9.62 Å². The minimum atomic E-state index is -4.24. The van der Waals surface area contributed by atoms with E-state index in [-0.39, 0.29) is 29.1 Å². The second-order valence-electron chi connectivity index (χ2n) is 9.80. The van der Waals surface area contributed by atoms with Gasteiger partial charge in [0, 0.05) is 12.6 Å². The van der Waals surface area contributed by atoms with E-state index >= 15 is 0 Å². The largest absolute Gasteiger partial charge is 0.352 e. The molecule has 0 heterocycles. The zero-order valence-corrected chi connectivity index (χ0v) is 23.8. The molecule has 3 aromatic rings. The highest BCUT2D eigenvalue weighted by molar-refractivity contribution is 7.92. The molecule has 3 rings (SSSR count). The summed E-state index contributed by atoms with van der Waals surface area (Å²) in [6.45, 7) is 8.86. The standard InChI is InChI=1S/C30H36FN3O4S/c1-6-23(4)32-30(36)24(5)33(19-25-11-7-21(2)8-12-25)29(35)20-34(27-15-9-22(3)10-16-27)39(37,38)28-17-13-26(31)14-18-28/h7-18,23-24H,6,19-20H2,1-5H3,(H,32,36). The Morgan fingerprint density at radius 1 is 0.872 bits per heavy atom. The lowest BCUT2D eigenvalue weighted by Gasteiger charge is -2.32. The molecule has 2 amide bonds. The third-order valence-electron chi connectivity index (χ3n) is 6.64. The van der Waals surface area contributed by atoms with Crippen LogP contribution in [-0.4, -0.2) is 43.8 Å². The number of carbonyl (C=O) groups is 2. The summed E-state index contributed by atoms with van der Waals surface area (Å²) in [5, 5.41) is 2.91. The van der Waals surface area contributed by atoms with Crippen LogP contribution in [0.2, 0.25) is 0 Å². The van der Waals surface area contributed by atoms with Crippen LogP contribution in [0.15, 0.2) is 77.7 Å². The van der Waals surface area contributed by atoms with E-state index in [1.54, 1.807) is 31.2 Å². The van der Waals surface area contributed by atoms with Crippen molar-refractivity contribution in [1.82, 2.24) is 10.2 Å². The summed E-state index contributed by atoms with van der Waals surface area (Å²) < 4.78 is 42.0. The first kappa shape index (κ1) is 29.8. The number of amides is 2. The van der Waals surface area contributed by atoms with E-state index in [0.717, 1.165) is 39.5 Å². The Hall–Kier alpha value is -3.72. The highest BCUT2D eigenvalue weighted by Crippen LogP contribution is 2.25. The van der Waals surface area contributed by atoms with Crippen molar-refractivity contribution < 1.29 is 22.4 Å². The van der Waals surface area contributed by atoms with Crippen LogP contribution in [0.3, 0.4) is 0 Å². The van der Waals surface area contributed by atoms with E-state index in [9.17, 15) is 22.4 Å². The second-order valence-corrected chi connectivity index (χ2v) is 11.7. The summed E-state index contributed by atoms with van der Waals surface area (Å²) in [5.74, 6) is -1.45. The van der Waals surface area contributed by atoms with Gasteiger partial charge in [-0.05, 0) is 76.1 Å². The van der Waals surface area contributed by atoms with Crippen molar-refractivity contribution in [2.24, 2.45) is 0 Å². The quantitative estimate of drug-likeness (QED) is 0.363. The van der Waals surface area contributed by atoms with Crippen LogP contribution in [0.5, 0.6) is 0 Å². The van der Waals surface area contributed by atoms with Gasteiger partial charge in [-0.15, -0.1) is 0 Å². The van der Waals surface area contributed by atoms with Crippen LogP contribution in [-0.2, 0) is 26.2 Å². The third-order valence-corrected chi connectivity index (χ3v) is 8.43. The first-order valence-corrected chi connectivity index (χ1v) is 14.4. The highest BCUT2D eigenvalue weighted by atomic mass is 32.2. The molecule has 3 aromatic carbocycles. The lowest BCUT2D eigenvalue weighted by atomic mass is 10.1. The molecule has 0 aromatic heterocycles. The van der Waals surface area contributed by atoms with E-state index in [0.29, 0.717) is 0 Å². The number of anilines is 1. The molecule has 0 aliphatic heterocycles. The average Bonchev–Trinajstić information content (AvgIpc) is 2.91. The van der Waals surface area contributed by atoms with E-state index in [1.807, 2.05) is 52.0 Å². The Morgan fingerprint density at radius 2 is 1.41 bits per heavy atom. The van der Waals surface area contributed by atoms with Gasteiger partial charge in [-0.2, -0.15) is 0 Å². The van der Waals surface area contributed by atoms with Crippen LogP contribution >= 0.6 is 0 Å². The molecule has 2 atom stereocenters. The number of halogens is 1. The molecule has 0 fully saturated rings. The number of sulfonamides is 1. The van der Waals surface area contributed by atoms with Gasteiger partial charge in [0.15, 0.2) is 0 Å². The zero-order valence-electron chi connectivity index (χ0n) is 23.0. The summed E-state index contributed by atoms with van der Waals surface area (Å²) in [4.78, 5) is 28.2. The topological polar surface area (TPSA) is 86.8 Å². The van der Waals surface area contributed by atoms with E-state index in [4.69, 9.17) is 0 Å². The number of aryl methyl sites for hydroxylation is 2. The molecule has 1 N–H and O–H groups in total. The molecule has 0 aliphatic rings. The van der Waals surface area contributed by atoms with Crippen molar-refractivity contribution >= 4 is 27.5 Å². The van der Waals surface area contributed by atoms with E-state index in [2.05, 4.69) is 5.32 Å². The highest BCUT2D eigenvalue weighted by Gasteiger charge is 2.32. The van der Waals surface area contributed by atoms with Crippen LogP contribution in [0.25, 0.3) is 0 Å². The predicted molar refractivity (Wildman–Crippen MR) is 151 cm³/mol. The van der Waals surface area contributed by atoms with Gasteiger partial charge in [0.25, 0.3) is 10.0 Å². The molecule has 0 saturated heterocycles. The first-order chi connectivity index (χ1) is 18.4. The Labute approximate surface area is 230 Å². The summed E-state index contributed by atoms with van der Waals surface area (Å²) >= 11 is 0. The molecule has 39 heavy (non-hydrogen) atoms. The smallest absolute Gasteiger partial charge is 0.264 e. The van der Waals surface area contributed by atoms with Gasteiger partial charge >= 0.3 is 0 Å². The number of carbonyl (C=O) groups excluding carboxylic acids is 2. The Balaban J connectivity index is 2.01. The van der Waals surface area contributed by atoms with E-state index < -0.39 is 34.3 Å². The summed E-state index contributed by atoms with van der Waals surface area (Å²) in [6.07, 6.45) is 0.724. The van der Waals surface area contributed by atoms with E-state index in [1.165, 1.54) is 17.0 Å². The minimum absolute atomic E-state index is 0.0841. The van der Waals surface area contributed by atoms with Gasteiger partial charge in [0.2, 0.25) is 11.8 Å². The van der Waals surface area contributed by atoms with Crippen molar-refractivity contribution in [3.8, 4) is 0 Å². The normalized spacial score (nSPS) is 12.9. The third kappa shape index (κ3) is 7.66. The Morgan fingerprint density at radius 3 is 1.95 bits per heavy atom. The fourth-order valence-corrected chi connectivity index (χ4v) is 5.33. The predicted octanol–water partition coefficient (Wildman–Crippen LogP) is 4.97. The van der Waals surface area contributed by atoms with Crippen molar-refractivity contribution in [2.45, 2.75) is 64.6 Å². The van der Waals surface area contributed by atoms with Crippen LogP contribution in [0.1, 0.15) is 43.9 Å². The lowest BCUT2D eigenvalue weighted by molar-refractivity contribution is -0.139. The van der Waals surface area contributed by atoms with Gasteiger partial charge in [-0.1, -0.05) is 54.4 Å².